The van der Waals surface area contributed by atoms with Crippen LogP contribution in [-0.2, 0) is 0 Å². The molecule has 0 unspecified atom stereocenters. The third kappa shape index (κ3) is 3.22. The van der Waals surface area contributed by atoms with Gasteiger partial charge in [0.2, 0.25) is 0 Å². The molecule has 5 heteroatoms. The van der Waals surface area contributed by atoms with E-state index in [-0.39, 0.29) is 11.7 Å². The summed E-state index contributed by atoms with van der Waals surface area (Å²) in [4.78, 5) is 15.6. The predicted octanol–water partition coefficient (Wildman–Crippen LogP) is 5.83. The third-order valence-electron chi connectivity index (χ3n) is 5.59. The average Bonchev–Trinajstić information content (AvgIpc) is 3.31. The van der Waals surface area contributed by atoms with Crippen LogP contribution in [0, 0.1) is 12.7 Å². The molecule has 0 radical (unpaired) electrons. The van der Waals surface area contributed by atoms with E-state index in [4.69, 9.17) is 4.42 Å². The molecular weight excluding hydrogens is 379 g/mol. The molecule has 2 heterocycles. The monoisotopic (exact) mass is 400 g/mol. The average molecular weight is 400 g/mol. The Labute approximate surface area is 173 Å². The number of hydrogen-bond donors (Lipinski definition) is 2. The summed E-state index contributed by atoms with van der Waals surface area (Å²) >= 11 is 0. The van der Waals surface area contributed by atoms with Gasteiger partial charge in [0.1, 0.15) is 11.6 Å². The lowest BCUT2D eigenvalue weighted by molar-refractivity contribution is 0.0951. The topological polar surface area (TPSA) is 58.0 Å². The maximum atomic E-state index is 13.8. The number of aromatic nitrogens is 1. The van der Waals surface area contributed by atoms with Gasteiger partial charge in [0, 0.05) is 45.4 Å². The Balaban J connectivity index is 1.53. The Bertz CT molecular complexity index is 1290. The lowest BCUT2D eigenvalue weighted by Crippen LogP contribution is -2.25. The molecular formula is C25H21FN2O2. The normalized spacial score (nSPS) is 13.5. The fraction of sp³-hybridized carbons (Fsp3) is 0.160. The minimum atomic E-state index is -0.299. The molecule has 1 amide bonds. The highest BCUT2D eigenvalue weighted by molar-refractivity contribution is 6.03. The van der Waals surface area contributed by atoms with Gasteiger partial charge in [-0.2, -0.15) is 0 Å². The lowest BCUT2D eigenvalue weighted by Gasteiger charge is -2.09. The van der Waals surface area contributed by atoms with Crippen molar-refractivity contribution in [1.29, 1.82) is 0 Å². The molecule has 0 bridgehead atoms. The second-order valence-corrected chi connectivity index (χ2v) is 7.78. The summed E-state index contributed by atoms with van der Waals surface area (Å²) in [5, 5.41) is 3.98. The number of nitrogens with one attached hydrogen (secondary N) is 2. The van der Waals surface area contributed by atoms with Gasteiger partial charge in [-0.15, -0.1) is 0 Å². The number of fused-ring (bicyclic) bond motifs is 1. The fourth-order valence-corrected chi connectivity index (χ4v) is 3.85. The predicted molar refractivity (Wildman–Crippen MR) is 116 cm³/mol. The van der Waals surface area contributed by atoms with E-state index in [9.17, 15) is 9.18 Å². The lowest BCUT2D eigenvalue weighted by atomic mass is 9.93. The van der Waals surface area contributed by atoms with E-state index >= 15 is 0 Å². The Morgan fingerprint density at radius 1 is 1.23 bits per heavy atom. The van der Waals surface area contributed by atoms with Crippen LogP contribution in [0.4, 0.5) is 4.39 Å². The van der Waals surface area contributed by atoms with Gasteiger partial charge in [-0.05, 0) is 55.2 Å². The molecule has 1 aliphatic carbocycles. The first-order chi connectivity index (χ1) is 14.5. The number of hydrogen-bond acceptors (Lipinski definition) is 2. The molecule has 1 aliphatic rings. The number of aryl methyl sites for hydroxylation is 1. The summed E-state index contributed by atoms with van der Waals surface area (Å²) in [6.07, 6.45) is 5.63. The summed E-state index contributed by atoms with van der Waals surface area (Å²) in [6, 6.07) is 12.4. The largest absolute Gasteiger partial charge is 0.468 e. The number of H-pyrrole nitrogens is 1. The molecule has 2 aromatic heterocycles. The van der Waals surface area contributed by atoms with E-state index in [2.05, 4.69) is 16.9 Å². The molecule has 0 aliphatic heterocycles. The van der Waals surface area contributed by atoms with Crippen molar-refractivity contribution in [3.8, 4) is 11.1 Å². The van der Waals surface area contributed by atoms with Crippen molar-refractivity contribution in [1.82, 2.24) is 10.3 Å². The smallest absolute Gasteiger partial charge is 0.251 e. The second-order valence-electron chi connectivity index (χ2n) is 7.78. The van der Waals surface area contributed by atoms with E-state index in [0.717, 1.165) is 51.6 Å². The van der Waals surface area contributed by atoms with Crippen molar-refractivity contribution in [3.05, 3.63) is 89.8 Å². The minimum absolute atomic E-state index is 0.0477. The van der Waals surface area contributed by atoms with Gasteiger partial charge in [0.25, 0.3) is 5.91 Å². The first-order valence-electron chi connectivity index (χ1n) is 9.97. The number of benzene rings is 2. The SMILES string of the molecule is C=C(c1c(-c2cccc(F)c2)coc1C)c1c[nH]c2cc(C(=O)NC3CC3)ccc12. The summed E-state index contributed by atoms with van der Waals surface area (Å²) in [6.45, 7) is 6.18. The van der Waals surface area contributed by atoms with E-state index in [1.807, 2.05) is 37.4 Å². The molecule has 0 saturated heterocycles. The quantitative estimate of drug-likeness (QED) is 0.443. The molecule has 4 aromatic rings. The van der Waals surface area contributed by atoms with Crippen LogP contribution in [0.25, 0.3) is 27.6 Å². The van der Waals surface area contributed by atoms with Crippen molar-refractivity contribution in [2.24, 2.45) is 0 Å². The second kappa shape index (κ2) is 7.02. The van der Waals surface area contributed by atoms with Crippen LogP contribution >= 0.6 is 0 Å². The van der Waals surface area contributed by atoms with Crippen molar-refractivity contribution < 1.29 is 13.6 Å². The highest BCUT2D eigenvalue weighted by Gasteiger charge is 2.24. The third-order valence-corrected chi connectivity index (χ3v) is 5.59. The molecule has 4 nitrogen and oxygen atoms in total. The molecule has 150 valence electrons. The van der Waals surface area contributed by atoms with E-state index in [0.29, 0.717) is 17.4 Å². The zero-order chi connectivity index (χ0) is 20.8. The van der Waals surface area contributed by atoms with Gasteiger partial charge in [0.15, 0.2) is 0 Å². The zero-order valence-electron chi connectivity index (χ0n) is 16.6. The molecule has 0 spiro atoms. The number of carbonyl (C=O) groups excluding carboxylic acids is 1. The maximum Gasteiger partial charge on any atom is 0.251 e. The van der Waals surface area contributed by atoms with E-state index in [1.54, 1.807) is 12.3 Å². The van der Waals surface area contributed by atoms with Crippen LogP contribution < -0.4 is 5.32 Å². The molecule has 5 rings (SSSR count). The summed E-state index contributed by atoms with van der Waals surface area (Å²) < 4.78 is 19.4. The maximum absolute atomic E-state index is 13.8. The van der Waals surface area contributed by atoms with Gasteiger partial charge in [-0.25, -0.2) is 4.39 Å². The fourth-order valence-electron chi connectivity index (χ4n) is 3.85. The van der Waals surface area contributed by atoms with Crippen LogP contribution in [0.2, 0.25) is 0 Å². The van der Waals surface area contributed by atoms with E-state index in [1.165, 1.54) is 12.1 Å². The van der Waals surface area contributed by atoms with Gasteiger partial charge in [-0.1, -0.05) is 24.8 Å². The van der Waals surface area contributed by atoms with Gasteiger partial charge < -0.3 is 14.7 Å². The standard InChI is InChI=1S/C25H21FN2O2/c1-14(24-15(2)30-13-22(24)16-4-3-5-18(26)10-16)21-12-27-23-11-17(6-9-20(21)23)25(29)28-19-7-8-19/h3-6,9-13,19,27H,1,7-8H2,2H3,(H,28,29). The van der Waals surface area contributed by atoms with Gasteiger partial charge >= 0.3 is 0 Å². The number of carbonyl (C=O) groups is 1. The van der Waals surface area contributed by atoms with Crippen LogP contribution in [0.3, 0.4) is 0 Å². The summed E-state index contributed by atoms with van der Waals surface area (Å²) in [5.41, 5.74) is 5.57. The number of amides is 1. The summed E-state index contributed by atoms with van der Waals surface area (Å²) in [7, 11) is 0. The number of rotatable bonds is 5. The Kier molecular flexibility index (Phi) is 4.31. The Morgan fingerprint density at radius 2 is 2.07 bits per heavy atom. The van der Waals surface area contributed by atoms with Gasteiger partial charge in [-0.3, -0.25) is 4.79 Å². The van der Waals surface area contributed by atoms with Crippen molar-refractivity contribution in [3.63, 3.8) is 0 Å². The van der Waals surface area contributed by atoms with Crippen molar-refractivity contribution in [2.45, 2.75) is 25.8 Å². The molecule has 2 aromatic carbocycles. The summed E-state index contributed by atoms with van der Waals surface area (Å²) in [5.74, 6) is 0.370. The number of halogens is 1. The zero-order valence-corrected chi connectivity index (χ0v) is 16.6. The molecule has 30 heavy (non-hydrogen) atoms. The van der Waals surface area contributed by atoms with E-state index < -0.39 is 0 Å². The van der Waals surface area contributed by atoms with Crippen LogP contribution in [0.1, 0.15) is 40.1 Å². The Morgan fingerprint density at radius 3 is 2.83 bits per heavy atom. The Hall–Kier alpha value is -3.60. The first kappa shape index (κ1) is 18.4. The number of aromatic amines is 1. The van der Waals surface area contributed by atoms with Gasteiger partial charge in [0.05, 0.1) is 6.26 Å². The molecule has 2 N–H and O–H groups in total. The van der Waals surface area contributed by atoms with Crippen molar-refractivity contribution >= 4 is 22.4 Å². The molecule has 0 atom stereocenters. The highest BCUT2D eigenvalue weighted by atomic mass is 19.1. The minimum Gasteiger partial charge on any atom is -0.468 e. The molecule has 1 fully saturated rings. The van der Waals surface area contributed by atoms with Crippen molar-refractivity contribution in [2.75, 3.05) is 0 Å². The van der Waals surface area contributed by atoms with Crippen LogP contribution in [0.15, 0.2) is 65.9 Å². The molecule has 1 saturated carbocycles. The highest BCUT2D eigenvalue weighted by Crippen LogP contribution is 2.38. The van der Waals surface area contributed by atoms with Crippen LogP contribution in [-0.4, -0.2) is 16.9 Å². The van der Waals surface area contributed by atoms with Crippen LogP contribution in [0.5, 0.6) is 0 Å². The number of furan rings is 1. The first-order valence-corrected chi connectivity index (χ1v) is 9.97.